The zero-order valence-corrected chi connectivity index (χ0v) is 34.1. The Bertz CT molecular complexity index is 957. The highest BCUT2D eigenvalue weighted by atomic mass is 16.6. The summed E-state index contributed by atoms with van der Waals surface area (Å²) >= 11 is 0. The molecule has 298 valence electrons. The second kappa shape index (κ2) is 42.8. The number of ether oxygens (including phenoxy) is 3. The van der Waals surface area contributed by atoms with Crippen molar-refractivity contribution in [1.82, 2.24) is 0 Å². The van der Waals surface area contributed by atoms with E-state index in [1.54, 1.807) is 0 Å². The van der Waals surface area contributed by atoms with Crippen molar-refractivity contribution in [2.45, 2.75) is 194 Å². The average molecular weight is 725 g/mol. The summed E-state index contributed by atoms with van der Waals surface area (Å²) in [5.74, 6) is -0.454. The smallest absolute Gasteiger partial charge is 0.306 e. The van der Waals surface area contributed by atoms with Crippen molar-refractivity contribution >= 4 is 11.9 Å². The molecule has 0 N–H and O–H groups in total. The zero-order chi connectivity index (χ0) is 37.8. The van der Waals surface area contributed by atoms with Crippen molar-refractivity contribution < 1.29 is 23.8 Å². The molecule has 0 aromatic heterocycles. The highest BCUT2D eigenvalue weighted by Gasteiger charge is 2.17. The van der Waals surface area contributed by atoms with Gasteiger partial charge < -0.3 is 14.2 Å². The largest absolute Gasteiger partial charge is 0.462 e. The van der Waals surface area contributed by atoms with E-state index in [1.165, 1.54) is 64.2 Å². The Morgan fingerprint density at radius 3 is 1.42 bits per heavy atom. The quantitative estimate of drug-likeness (QED) is 0.0360. The van der Waals surface area contributed by atoms with Gasteiger partial charge in [0.25, 0.3) is 0 Å². The lowest BCUT2D eigenvalue weighted by Crippen LogP contribution is -2.30. The number of carbonyl (C=O) groups is 2. The van der Waals surface area contributed by atoms with Crippen molar-refractivity contribution in [1.29, 1.82) is 0 Å². The van der Waals surface area contributed by atoms with Crippen LogP contribution in [-0.2, 0) is 23.8 Å². The van der Waals surface area contributed by atoms with Gasteiger partial charge in [0.15, 0.2) is 6.10 Å². The van der Waals surface area contributed by atoms with Crippen molar-refractivity contribution in [2.24, 2.45) is 0 Å². The molecule has 0 saturated carbocycles. The van der Waals surface area contributed by atoms with E-state index in [4.69, 9.17) is 14.2 Å². The number of esters is 2. The first-order chi connectivity index (χ1) is 25.6. The van der Waals surface area contributed by atoms with Crippen molar-refractivity contribution in [3.05, 3.63) is 72.9 Å². The van der Waals surface area contributed by atoms with Crippen LogP contribution in [0.15, 0.2) is 72.9 Å². The summed E-state index contributed by atoms with van der Waals surface area (Å²) in [6.45, 7) is 7.48. The first-order valence-electron chi connectivity index (χ1n) is 21.5. The van der Waals surface area contributed by atoms with Gasteiger partial charge in [-0.1, -0.05) is 164 Å². The zero-order valence-electron chi connectivity index (χ0n) is 34.1. The fraction of sp³-hybridized carbons (Fsp3) is 0.702. The monoisotopic (exact) mass is 725 g/mol. The molecule has 0 saturated heterocycles. The molecule has 52 heavy (non-hydrogen) atoms. The summed E-state index contributed by atoms with van der Waals surface area (Å²) in [5.41, 5.74) is 0. The van der Waals surface area contributed by atoms with Crippen LogP contribution in [0, 0.1) is 0 Å². The number of hydrogen-bond donors (Lipinski definition) is 0. The van der Waals surface area contributed by atoms with E-state index < -0.39 is 6.10 Å². The predicted molar refractivity (Wildman–Crippen MR) is 224 cm³/mol. The minimum Gasteiger partial charge on any atom is -0.462 e. The second-order valence-corrected chi connectivity index (χ2v) is 13.9. The van der Waals surface area contributed by atoms with Gasteiger partial charge in [-0.25, -0.2) is 0 Å². The van der Waals surface area contributed by atoms with Crippen LogP contribution in [0.4, 0.5) is 0 Å². The maximum absolute atomic E-state index is 12.6. The van der Waals surface area contributed by atoms with Crippen LogP contribution in [0.2, 0.25) is 0 Å². The number of hydrogen-bond acceptors (Lipinski definition) is 5. The maximum atomic E-state index is 12.6. The molecule has 5 heteroatoms. The van der Waals surface area contributed by atoms with Crippen LogP contribution in [0.5, 0.6) is 0 Å². The first-order valence-corrected chi connectivity index (χ1v) is 21.5. The third-order valence-electron chi connectivity index (χ3n) is 8.73. The van der Waals surface area contributed by atoms with Gasteiger partial charge >= 0.3 is 11.9 Å². The van der Waals surface area contributed by atoms with Gasteiger partial charge in [-0.15, -0.1) is 0 Å². The molecular formula is C47H80O5. The van der Waals surface area contributed by atoms with Gasteiger partial charge in [-0.05, 0) is 83.5 Å². The lowest BCUT2D eigenvalue weighted by molar-refractivity contribution is -0.163. The van der Waals surface area contributed by atoms with Gasteiger partial charge in [0.2, 0.25) is 0 Å². The molecular weight excluding hydrogens is 645 g/mol. The Hall–Kier alpha value is -2.66. The Morgan fingerprint density at radius 2 is 0.865 bits per heavy atom. The molecule has 0 aliphatic carbocycles. The lowest BCUT2D eigenvalue weighted by atomic mass is 10.1. The predicted octanol–water partition coefficient (Wildman–Crippen LogP) is 14.0. The van der Waals surface area contributed by atoms with E-state index in [1.807, 2.05) is 0 Å². The third kappa shape index (κ3) is 40.1. The van der Waals surface area contributed by atoms with Crippen molar-refractivity contribution in [3.63, 3.8) is 0 Å². The summed E-state index contributed by atoms with van der Waals surface area (Å²) in [6.07, 6.45) is 53.4. The molecule has 0 bridgehead atoms. The fourth-order valence-corrected chi connectivity index (χ4v) is 5.54. The molecule has 0 aliphatic rings. The molecule has 0 aromatic rings. The van der Waals surface area contributed by atoms with Crippen LogP contribution >= 0.6 is 0 Å². The molecule has 0 fully saturated rings. The SMILES string of the molecule is CC/C=C\C/C=C\C/C=C\C/C=C\CCCOCC(COC(=O)CCCCCCC/C=C\C/C=C\CCCCC)OC(=O)CCCCCCCCC. The van der Waals surface area contributed by atoms with E-state index in [-0.39, 0.29) is 25.2 Å². The molecule has 1 unspecified atom stereocenters. The summed E-state index contributed by atoms with van der Waals surface area (Å²) in [5, 5.41) is 0. The van der Waals surface area contributed by atoms with E-state index >= 15 is 0 Å². The number of unbranched alkanes of at least 4 members (excludes halogenated alkanes) is 15. The molecule has 0 aliphatic heterocycles. The maximum Gasteiger partial charge on any atom is 0.306 e. The number of allylic oxidation sites excluding steroid dienone is 12. The molecule has 0 rings (SSSR count). The fourth-order valence-electron chi connectivity index (χ4n) is 5.54. The molecule has 0 spiro atoms. The van der Waals surface area contributed by atoms with Gasteiger partial charge in [0.05, 0.1) is 6.61 Å². The molecule has 0 heterocycles. The summed E-state index contributed by atoms with van der Waals surface area (Å²) < 4.78 is 17.1. The van der Waals surface area contributed by atoms with Crippen molar-refractivity contribution in [2.75, 3.05) is 19.8 Å². The minimum atomic E-state index is -0.567. The van der Waals surface area contributed by atoms with Crippen molar-refractivity contribution in [3.8, 4) is 0 Å². The number of carbonyl (C=O) groups excluding carboxylic acids is 2. The standard InChI is InChI=1S/C47H80O5/c1-4-7-10-13-16-18-20-22-24-25-27-29-32-34-37-40-46(48)51-44-45(52-47(49)41-38-35-31-15-12-9-6-3)43-50-42-39-36-33-30-28-26-23-21-19-17-14-11-8-5-2/h8,11,16-19,22-24,26,30,33,45H,4-7,9-10,12-15,20-21,25,27-29,31-32,34-44H2,1-3H3/b11-8-,18-16-,19-17-,24-22-,26-23-,33-30-. The lowest BCUT2D eigenvalue weighted by Gasteiger charge is -2.18. The van der Waals surface area contributed by atoms with Crippen LogP contribution < -0.4 is 0 Å². The van der Waals surface area contributed by atoms with Crippen LogP contribution in [0.1, 0.15) is 188 Å². The molecule has 1 atom stereocenters. The minimum absolute atomic E-state index is 0.0543. The Balaban J connectivity index is 4.29. The second-order valence-electron chi connectivity index (χ2n) is 13.9. The summed E-state index contributed by atoms with van der Waals surface area (Å²) in [6, 6.07) is 0. The Labute approximate surface area is 321 Å². The number of rotatable bonds is 38. The summed E-state index contributed by atoms with van der Waals surface area (Å²) in [4.78, 5) is 25.1. The van der Waals surface area contributed by atoms with E-state index in [0.717, 1.165) is 89.9 Å². The van der Waals surface area contributed by atoms with Gasteiger partial charge in [0.1, 0.15) is 6.61 Å². The Morgan fingerprint density at radius 1 is 0.442 bits per heavy atom. The molecule has 0 amide bonds. The van der Waals surface area contributed by atoms with Crippen LogP contribution in [-0.4, -0.2) is 37.9 Å². The van der Waals surface area contributed by atoms with Gasteiger partial charge in [-0.2, -0.15) is 0 Å². The highest BCUT2D eigenvalue weighted by Crippen LogP contribution is 2.12. The van der Waals surface area contributed by atoms with E-state index in [0.29, 0.717) is 19.4 Å². The summed E-state index contributed by atoms with van der Waals surface area (Å²) in [7, 11) is 0. The highest BCUT2D eigenvalue weighted by molar-refractivity contribution is 5.70. The van der Waals surface area contributed by atoms with Gasteiger partial charge in [-0.3, -0.25) is 9.59 Å². The molecule has 0 radical (unpaired) electrons. The molecule has 0 aromatic carbocycles. The first kappa shape index (κ1) is 49.3. The average Bonchev–Trinajstić information content (AvgIpc) is 3.14. The molecule has 5 nitrogen and oxygen atoms in total. The topological polar surface area (TPSA) is 61.8 Å². The third-order valence-corrected chi connectivity index (χ3v) is 8.73. The Kier molecular flexibility index (Phi) is 40.6. The van der Waals surface area contributed by atoms with Crippen LogP contribution in [0.25, 0.3) is 0 Å². The van der Waals surface area contributed by atoms with Gasteiger partial charge in [0, 0.05) is 19.4 Å². The van der Waals surface area contributed by atoms with Crippen LogP contribution in [0.3, 0.4) is 0 Å². The van der Waals surface area contributed by atoms with E-state index in [2.05, 4.69) is 93.7 Å². The normalized spacial score (nSPS) is 12.9. The van der Waals surface area contributed by atoms with E-state index in [9.17, 15) is 9.59 Å².